The summed E-state index contributed by atoms with van der Waals surface area (Å²) in [6.07, 6.45) is 0.644. The summed E-state index contributed by atoms with van der Waals surface area (Å²) in [7, 11) is 1.65. The number of H-pyrrole nitrogens is 1. The molecular weight excluding hydrogens is 354 g/mol. The number of ketones is 1. The zero-order valence-electron chi connectivity index (χ0n) is 14.7. The molecule has 1 atom stereocenters. The SMILES string of the molecule is CCc1cc(=O)[nH]c(SC(C)C(=O)c2ccc3c(c2)N(C)C(=O)CO3)n1. The van der Waals surface area contributed by atoms with E-state index in [1.165, 1.54) is 22.7 Å². The number of nitrogens with zero attached hydrogens (tertiary/aromatic N) is 2. The number of benzene rings is 1. The van der Waals surface area contributed by atoms with E-state index < -0.39 is 5.25 Å². The van der Waals surface area contributed by atoms with E-state index in [1.54, 1.807) is 32.2 Å². The van der Waals surface area contributed by atoms with E-state index in [4.69, 9.17) is 4.74 Å². The van der Waals surface area contributed by atoms with Crippen LogP contribution in [0.25, 0.3) is 0 Å². The molecule has 0 spiro atoms. The number of carbonyl (C=O) groups excluding carboxylic acids is 2. The molecule has 1 aliphatic heterocycles. The van der Waals surface area contributed by atoms with Gasteiger partial charge in [0.25, 0.3) is 11.5 Å². The molecule has 8 heteroatoms. The standard InChI is InChI=1S/C18H19N3O4S/c1-4-12-8-15(22)20-18(19-12)26-10(2)17(24)11-5-6-14-13(7-11)21(3)16(23)9-25-14/h5-8,10H,4,9H2,1-3H3,(H,19,20,22). The second kappa shape index (κ2) is 7.33. The average molecular weight is 373 g/mol. The van der Waals surface area contributed by atoms with E-state index in [0.717, 1.165) is 0 Å². The van der Waals surface area contributed by atoms with E-state index in [9.17, 15) is 14.4 Å². The molecule has 136 valence electrons. The Morgan fingerprint density at radius 3 is 2.88 bits per heavy atom. The molecule has 1 aromatic carbocycles. The maximum atomic E-state index is 12.8. The highest BCUT2D eigenvalue weighted by molar-refractivity contribution is 8.00. The van der Waals surface area contributed by atoms with Gasteiger partial charge in [-0.2, -0.15) is 0 Å². The first kappa shape index (κ1) is 18.2. The fourth-order valence-corrected chi connectivity index (χ4v) is 3.51. The third-order valence-corrected chi connectivity index (χ3v) is 5.11. The van der Waals surface area contributed by atoms with Crippen LogP contribution in [0.2, 0.25) is 0 Å². The Hall–Kier alpha value is -2.61. The summed E-state index contributed by atoms with van der Waals surface area (Å²) in [4.78, 5) is 44.7. The van der Waals surface area contributed by atoms with Gasteiger partial charge < -0.3 is 14.6 Å². The van der Waals surface area contributed by atoms with Crippen molar-refractivity contribution < 1.29 is 14.3 Å². The minimum absolute atomic E-state index is 0.00412. The number of nitrogens with one attached hydrogen (secondary N) is 1. The Kier molecular flexibility index (Phi) is 5.13. The van der Waals surface area contributed by atoms with Crippen LogP contribution in [-0.4, -0.2) is 40.6 Å². The number of fused-ring (bicyclic) bond motifs is 1. The first-order valence-corrected chi connectivity index (χ1v) is 9.11. The van der Waals surface area contributed by atoms with Crippen LogP contribution in [0.4, 0.5) is 5.69 Å². The molecule has 1 unspecified atom stereocenters. The Morgan fingerprint density at radius 2 is 2.15 bits per heavy atom. The lowest BCUT2D eigenvalue weighted by atomic mass is 10.1. The zero-order valence-corrected chi connectivity index (χ0v) is 15.6. The van der Waals surface area contributed by atoms with Crippen molar-refractivity contribution in [3.63, 3.8) is 0 Å². The Balaban J connectivity index is 1.82. The van der Waals surface area contributed by atoms with Gasteiger partial charge in [0.15, 0.2) is 17.5 Å². The first-order chi connectivity index (χ1) is 12.4. The number of aromatic nitrogens is 2. The van der Waals surface area contributed by atoms with Crippen molar-refractivity contribution in [2.24, 2.45) is 0 Å². The lowest BCUT2D eigenvalue weighted by molar-refractivity contribution is -0.120. The van der Waals surface area contributed by atoms with E-state index in [0.29, 0.717) is 34.3 Å². The zero-order chi connectivity index (χ0) is 18.8. The van der Waals surface area contributed by atoms with Crippen LogP contribution in [0.3, 0.4) is 0 Å². The molecule has 0 aliphatic carbocycles. The number of amides is 1. The van der Waals surface area contributed by atoms with Gasteiger partial charge in [-0.3, -0.25) is 14.4 Å². The maximum Gasteiger partial charge on any atom is 0.264 e. The highest BCUT2D eigenvalue weighted by Gasteiger charge is 2.25. The maximum absolute atomic E-state index is 12.8. The van der Waals surface area contributed by atoms with Crippen LogP contribution in [0, 0.1) is 0 Å². The summed E-state index contributed by atoms with van der Waals surface area (Å²) in [6, 6.07) is 6.48. The number of Topliss-reactive ketones (excluding diaryl/α,β-unsaturated/α-hetero) is 1. The summed E-state index contributed by atoms with van der Waals surface area (Å²) in [5, 5.41) is -0.0300. The van der Waals surface area contributed by atoms with Crippen molar-refractivity contribution in [2.45, 2.75) is 30.7 Å². The van der Waals surface area contributed by atoms with Gasteiger partial charge in [-0.05, 0) is 31.5 Å². The number of thioether (sulfide) groups is 1. The molecule has 2 aromatic rings. The number of rotatable bonds is 5. The van der Waals surface area contributed by atoms with Crippen molar-refractivity contribution in [1.82, 2.24) is 9.97 Å². The van der Waals surface area contributed by atoms with Crippen molar-refractivity contribution in [2.75, 3.05) is 18.6 Å². The molecule has 0 radical (unpaired) electrons. The van der Waals surface area contributed by atoms with E-state index in [1.807, 2.05) is 6.92 Å². The number of aryl methyl sites for hydroxylation is 1. The summed E-state index contributed by atoms with van der Waals surface area (Å²) < 4.78 is 5.38. The van der Waals surface area contributed by atoms with Crippen LogP contribution >= 0.6 is 11.8 Å². The second-order valence-electron chi connectivity index (χ2n) is 5.94. The van der Waals surface area contributed by atoms with Gasteiger partial charge in [0.1, 0.15) is 5.75 Å². The largest absolute Gasteiger partial charge is 0.482 e. The van der Waals surface area contributed by atoms with Crippen molar-refractivity contribution in [1.29, 1.82) is 0 Å². The van der Waals surface area contributed by atoms with Crippen LogP contribution in [0.1, 0.15) is 29.9 Å². The van der Waals surface area contributed by atoms with Gasteiger partial charge in [-0.15, -0.1) is 0 Å². The molecule has 7 nitrogen and oxygen atoms in total. The quantitative estimate of drug-likeness (QED) is 0.490. The number of hydrogen-bond acceptors (Lipinski definition) is 6. The second-order valence-corrected chi connectivity index (χ2v) is 7.27. The number of anilines is 1. The summed E-state index contributed by atoms with van der Waals surface area (Å²) in [5.74, 6) is 0.294. The number of hydrogen-bond donors (Lipinski definition) is 1. The van der Waals surface area contributed by atoms with Crippen molar-refractivity contribution in [3.05, 3.63) is 45.9 Å². The summed E-state index contributed by atoms with van der Waals surface area (Å²) in [6.45, 7) is 3.67. The van der Waals surface area contributed by atoms with E-state index >= 15 is 0 Å². The Bertz CT molecular complexity index is 925. The van der Waals surface area contributed by atoms with Crippen LogP contribution in [0.5, 0.6) is 5.75 Å². The van der Waals surface area contributed by atoms with Gasteiger partial charge >= 0.3 is 0 Å². The fraction of sp³-hybridized carbons (Fsp3) is 0.333. The number of carbonyl (C=O) groups is 2. The predicted molar refractivity (Wildman–Crippen MR) is 99.2 cm³/mol. The number of ether oxygens (including phenoxy) is 1. The molecule has 1 aliphatic rings. The van der Waals surface area contributed by atoms with Crippen molar-refractivity contribution in [3.8, 4) is 5.75 Å². The molecule has 2 heterocycles. The monoisotopic (exact) mass is 373 g/mol. The fourth-order valence-electron chi connectivity index (χ4n) is 2.60. The molecule has 3 rings (SSSR count). The van der Waals surface area contributed by atoms with Gasteiger partial charge in [0, 0.05) is 24.4 Å². The van der Waals surface area contributed by atoms with Crippen LogP contribution < -0.4 is 15.2 Å². The lowest BCUT2D eigenvalue weighted by Crippen LogP contribution is -2.35. The van der Waals surface area contributed by atoms with Crippen LogP contribution in [0.15, 0.2) is 34.2 Å². The molecule has 0 bridgehead atoms. The van der Waals surface area contributed by atoms with E-state index in [2.05, 4.69) is 9.97 Å². The van der Waals surface area contributed by atoms with E-state index in [-0.39, 0.29) is 23.9 Å². The third-order valence-electron chi connectivity index (χ3n) is 4.12. The van der Waals surface area contributed by atoms with Gasteiger partial charge in [0.05, 0.1) is 10.9 Å². The predicted octanol–water partition coefficient (Wildman–Crippen LogP) is 2.05. The van der Waals surface area contributed by atoms with Gasteiger partial charge in [-0.1, -0.05) is 18.7 Å². The molecule has 1 N–H and O–H groups in total. The highest BCUT2D eigenvalue weighted by atomic mass is 32.2. The number of aromatic amines is 1. The normalized spacial score (nSPS) is 14.6. The molecule has 0 saturated heterocycles. The minimum atomic E-state index is -0.450. The minimum Gasteiger partial charge on any atom is -0.482 e. The third kappa shape index (κ3) is 3.65. The van der Waals surface area contributed by atoms with Crippen LogP contribution in [-0.2, 0) is 11.2 Å². The smallest absolute Gasteiger partial charge is 0.264 e. The molecular formula is C18H19N3O4S. The molecule has 26 heavy (non-hydrogen) atoms. The average Bonchev–Trinajstić information content (AvgIpc) is 2.63. The summed E-state index contributed by atoms with van der Waals surface area (Å²) >= 11 is 1.20. The number of likely N-dealkylation sites (N-methyl/N-ethyl adjacent to an activating group) is 1. The van der Waals surface area contributed by atoms with Gasteiger partial charge in [0.2, 0.25) is 0 Å². The Morgan fingerprint density at radius 1 is 1.38 bits per heavy atom. The topological polar surface area (TPSA) is 92.4 Å². The Labute approximate surface area is 154 Å². The molecule has 1 aromatic heterocycles. The summed E-state index contributed by atoms with van der Waals surface area (Å²) in [5.41, 5.74) is 1.50. The molecule has 1 amide bonds. The van der Waals surface area contributed by atoms with Crippen molar-refractivity contribution >= 4 is 29.1 Å². The highest BCUT2D eigenvalue weighted by Crippen LogP contribution is 2.33. The molecule has 0 fully saturated rings. The first-order valence-electron chi connectivity index (χ1n) is 8.23. The lowest BCUT2D eigenvalue weighted by Gasteiger charge is -2.26. The van der Waals surface area contributed by atoms with Gasteiger partial charge in [-0.25, -0.2) is 4.98 Å². The molecule has 0 saturated carbocycles.